The number of primary amides is 1. The highest BCUT2D eigenvalue weighted by Crippen LogP contribution is 2.15. The summed E-state index contributed by atoms with van der Waals surface area (Å²) in [5.74, 6) is -1.87. The highest BCUT2D eigenvalue weighted by Gasteiger charge is 2.15. The van der Waals surface area contributed by atoms with Crippen LogP contribution in [0.2, 0.25) is 5.15 Å². The van der Waals surface area contributed by atoms with Crippen molar-refractivity contribution in [2.45, 2.75) is 0 Å². The van der Waals surface area contributed by atoms with E-state index in [-0.39, 0.29) is 22.2 Å². The number of hydrogen-bond acceptors (Lipinski definition) is 4. The van der Waals surface area contributed by atoms with Gasteiger partial charge in [0, 0.05) is 6.20 Å². The van der Waals surface area contributed by atoms with Crippen molar-refractivity contribution >= 4 is 23.5 Å². The van der Waals surface area contributed by atoms with Gasteiger partial charge < -0.3 is 10.8 Å². The molecule has 2 heterocycles. The molecule has 7 nitrogen and oxygen atoms in total. The van der Waals surface area contributed by atoms with Crippen molar-refractivity contribution in [3.8, 4) is 5.82 Å². The summed E-state index contributed by atoms with van der Waals surface area (Å²) in [4.78, 5) is 25.8. The molecule has 0 saturated carbocycles. The van der Waals surface area contributed by atoms with Crippen LogP contribution in [0.25, 0.3) is 5.82 Å². The SMILES string of the molecule is NC(=O)c1ccn(-c2nc(Cl)ccc2C(=O)O)n1. The van der Waals surface area contributed by atoms with Crippen molar-refractivity contribution < 1.29 is 14.7 Å². The molecular weight excluding hydrogens is 260 g/mol. The van der Waals surface area contributed by atoms with E-state index >= 15 is 0 Å². The van der Waals surface area contributed by atoms with Gasteiger partial charge >= 0.3 is 5.97 Å². The lowest BCUT2D eigenvalue weighted by atomic mass is 10.2. The number of carbonyl (C=O) groups excluding carboxylic acids is 1. The molecule has 0 atom stereocenters. The Labute approximate surface area is 106 Å². The molecule has 0 saturated heterocycles. The summed E-state index contributed by atoms with van der Waals surface area (Å²) in [6.45, 7) is 0. The third-order valence-corrected chi connectivity index (χ3v) is 2.34. The number of aromatic nitrogens is 3. The van der Waals surface area contributed by atoms with Crippen LogP contribution in [0.1, 0.15) is 20.8 Å². The minimum absolute atomic E-state index is 0.00751. The number of amides is 1. The van der Waals surface area contributed by atoms with Gasteiger partial charge in [-0.2, -0.15) is 5.10 Å². The number of carboxylic acid groups (broad SMARTS) is 1. The molecule has 2 aromatic heterocycles. The average molecular weight is 267 g/mol. The molecule has 92 valence electrons. The number of pyridine rings is 1. The quantitative estimate of drug-likeness (QED) is 0.795. The van der Waals surface area contributed by atoms with Gasteiger partial charge in [0.2, 0.25) is 0 Å². The Bertz CT molecular complexity index is 638. The van der Waals surface area contributed by atoms with Gasteiger partial charge in [-0.15, -0.1) is 0 Å². The first-order valence-corrected chi connectivity index (χ1v) is 5.12. The van der Waals surface area contributed by atoms with E-state index < -0.39 is 11.9 Å². The number of carboxylic acids is 1. The van der Waals surface area contributed by atoms with Crippen molar-refractivity contribution in [3.05, 3.63) is 40.8 Å². The van der Waals surface area contributed by atoms with Crippen LogP contribution in [0.4, 0.5) is 0 Å². The summed E-state index contributed by atoms with van der Waals surface area (Å²) in [6, 6.07) is 4.02. The van der Waals surface area contributed by atoms with E-state index in [0.29, 0.717) is 0 Å². The molecule has 0 bridgehead atoms. The first-order valence-electron chi connectivity index (χ1n) is 4.74. The monoisotopic (exact) mass is 266 g/mol. The standard InChI is InChI=1S/C10H7ClN4O3/c11-7-2-1-5(10(17)18)9(13-7)15-4-3-6(14-15)8(12)16/h1-4H,(H2,12,16)(H,17,18). The summed E-state index contributed by atoms with van der Waals surface area (Å²) in [6.07, 6.45) is 1.38. The summed E-state index contributed by atoms with van der Waals surface area (Å²) in [7, 11) is 0. The van der Waals surface area contributed by atoms with Crippen molar-refractivity contribution in [2.24, 2.45) is 5.73 Å². The third kappa shape index (κ3) is 2.16. The predicted octanol–water partition coefficient (Wildman–Crippen LogP) is 0.718. The summed E-state index contributed by atoms with van der Waals surface area (Å²) in [5.41, 5.74) is 4.98. The van der Waals surface area contributed by atoms with E-state index in [9.17, 15) is 9.59 Å². The van der Waals surface area contributed by atoms with Crippen LogP contribution in [0.5, 0.6) is 0 Å². The maximum atomic E-state index is 11.0. The highest BCUT2D eigenvalue weighted by atomic mass is 35.5. The second-order valence-corrected chi connectivity index (χ2v) is 3.71. The van der Waals surface area contributed by atoms with E-state index in [0.717, 1.165) is 4.68 Å². The lowest BCUT2D eigenvalue weighted by molar-refractivity contribution is 0.0696. The molecule has 2 rings (SSSR count). The molecule has 0 aromatic carbocycles. The molecular formula is C10H7ClN4O3. The lowest BCUT2D eigenvalue weighted by Crippen LogP contribution is -2.13. The maximum Gasteiger partial charge on any atom is 0.339 e. The number of nitrogens with zero attached hydrogens (tertiary/aromatic N) is 3. The van der Waals surface area contributed by atoms with Gasteiger partial charge in [-0.05, 0) is 18.2 Å². The van der Waals surface area contributed by atoms with Gasteiger partial charge in [0.25, 0.3) is 5.91 Å². The molecule has 8 heteroatoms. The van der Waals surface area contributed by atoms with Crippen molar-refractivity contribution in [2.75, 3.05) is 0 Å². The molecule has 0 aliphatic rings. The fourth-order valence-electron chi connectivity index (χ4n) is 1.34. The molecule has 0 fully saturated rings. The van der Waals surface area contributed by atoms with Gasteiger partial charge in [-0.25, -0.2) is 14.5 Å². The van der Waals surface area contributed by atoms with Crippen LogP contribution in [-0.2, 0) is 0 Å². The van der Waals surface area contributed by atoms with Gasteiger partial charge in [0.05, 0.1) is 0 Å². The summed E-state index contributed by atoms with van der Waals surface area (Å²) >= 11 is 5.70. The normalized spacial score (nSPS) is 10.3. The number of carbonyl (C=O) groups is 2. The predicted molar refractivity (Wildman–Crippen MR) is 61.8 cm³/mol. The van der Waals surface area contributed by atoms with E-state index in [1.807, 2.05) is 0 Å². The molecule has 2 aromatic rings. The van der Waals surface area contributed by atoms with Crippen molar-refractivity contribution in [1.82, 2.24) is 14.8 Å². The zero-order chi connectivity index (χ0) is 13.3. The molecule has 0 aliphatic heterocycles. The number of aromatic carboxylic acids is 1. The summed E-state index contributed by atoms with van der Waals surface area (Å²) < 4.78 is 1.13. The Kier molecular flexibility index (Phi) is 2.99. The van der Waals surface area contributed by atoms with Crippen LogP contribution in [0.15, 0.2) is 24.4 Å². The Hall–Kier alpha value is -2.41. The summed E-state index contributed by atoms with van der Waals surface area (Å²) in [5, 5.41) is 13.0. The van der Waals surface area contributed by atoms with Crippen LogP contribution < -0.4 is 5.73 Å². The van der Waals surface area contributed by atoms with Crippen LogP contribution >= 0.6 is 11.6 Å². The first kappa shape index (κ1) is 12.1. The van der Waals surface area contributed by atoms with E-state index in [1.54, 1.807) is 0 Å². The molecule has 1 amide bonds. The topological polar surface area (TPSA) is 111 Å². The minimum Gasteiger partial charge on any atom is -0.478 e. The molecule has 0 unspecified atom stereocenters. The third-order valence-electron chi connectivity index (χ3n) is 2.13. The van der Waals surface area contributed by atoms with Crippen molar-refractivity contribution in [1.29, 1.82) is 0 Å². The fraction of sp³-hybridized carbons (Fsp3) is 0. The zero-order valence-electron chi connectivity index (χ0n) is 8.87. The van der Waals surface area contributed by atoms with Crippen LogP contribution in [0.3, 0.4) is 0 Å². The Morgan fingerprint density at radius 3 is 2.61 bits per heavy atom. The first-order chi connectivity index (χ1) is 8.49. The van der Waals surface area contributed by atoms with E-state index in [4.69, 9.17) is 22.4 Å². The molecule has 0 aliphatic carbocycles. The second-order valence-electron chi connectivity index (χ2n) is 3.32. The lowest BCUT2D eigenvalue weighted by Gasteiger charge is -2.04. The molecule has 0 spiro atoms. The number of nitrogens with two attached hydrogens (primary N) is 1. The van der Waals surface area contributed by atoms with E-state index in [2.05, 4.69) is 10.1 Å². The highest BCUT2D eigenvalue weighted by molar-refractivity contribution is 6.29. The van der Waals surface area contributed by atoms with Gasteiger partial charge in [0.15, 0.2) is 5.82 Å². The molecule has 0 radical (unpaired) electrons. The minimum atomic E-state index is -1.18. The number of rotatable bonds is 3. The molecule has 18 heavy (non-hydrogen) atoms. The number of halogens is 1. The Balaban J connectivity index is 2.57. The van der Waals surface area contributed by atoms with Gasteiger partial charge in [0.1, 0.15) is 16.4 Å². The van der Waals surface area contributed by atoms with Gasteiger partial charge in [-0.1, -0.05) is 11.6 Å². The number of hydrogen-bond donors (Lipinski definition) is 2. The largest absolute Gasteiger partial charge is 0.478 e. The average Bonchev–Trinajstić information content (AvgIpc) is 2.77. The van der Waals surface area contributed by atoms with E-state index in [1.165, 1.54) is 24.4 Å². The Morgan fingerprint density at radius 2 is 2.06 bits per heavy atom. The Morgan fingerprint density at radius 1 is 1.33 bits per heavy atom. The van der Waals surface area contributed by atoms with Crippen LogP contribution in [0, 0.1) is 0 Å². The smallest absolute Gasteiger partial charge is 0.339 e. The van der Waals surface area contributed by atoms with Gasteiger partial charge in [-0.3, -0.25) is 4.79 Å². The molecule has 3 N–H and O–H groups in total. The van der Waals surface area contributed by atoms with Crippen molar-refractivity contribution in [3.63, 3.8) is 0 Å². The fourth-order valence-corrected chi connectivity index (χ4v) is 1.48. The zero-order valence-corrected chi connectivity index (χ0v) is 9.63. The van der Waals surface area contributed by atoms with Crippen LogP contribution in [-0.4, -0.2) is 31.7 Å². The second kappa shape index (κ2) is 4.46. The maximum absolute atomic E-state index is 11.0.